The first kappa shape index (κ1) is 7.74. The van der Waals surface area contributed by atoms with Gasteiger partial charge in [0.05, 0.1) is 0 Å². The lowest BCUT2D eigenvalue weighted by molar-refractivity contribution is 0.635. The highest BCUT2D eigenvalue weighted by atomic mass is 32.1. The third-order valence-electron chi connectivity index (χ3n) is 3.62. The fourth-order valence-electron chi connectivity index (χ4n) is 2.86. The average molecular weight is 195 g/mol. The van der Waals surface area contributed by atoms with E-state index in [4.69, 9.17) is 12.2 Å². The van der Waals surface area contributed by atoms with E-state index in [-0.39, 0.29) is 0 Å². The topological polar surface area (TPSA) is 33.6 Å². The molecule has 2 aliphatic carbocycles. The summed E-state index contributed by atoms with van der Waals surface area (Å²) in [5.41, 5.74) is 0. The van der Waals surface area contributed by atoms with Crippen molar-refractivity contribution < 1.29 is 0 Å². The number of nitrogens with zero attached hydrogens (tertiary/aromatic N) is 2. The fraction of sp³-hybridized carbons (Fsp3) is 0.778. The van der Waals surface area contributed by atoms with Gasteiger partial charge in [0.15, 0.2) is 4.77 Å². The van der Waals surface area contributed by atoms with E-state index in [9.17, 15) is 0 Å². The van der Waals surface area contributed by atoms with Crippen LogP contribution in [0.3, 0.4) is 0 Å². The maximum atomic E-state index is 5.10. The normalized spacial score (nSPS) is 36.2. The monoisotopic (exact) mass is 195 g/mol. The number of H-pyrrole nitrogens is 1. The predicted octanol–water partition coefficient (Wildman–Crippen LogP) is 1.99. The maximum Gasteiger partial charge on any atom is 0.194 e. The number of hydrogen-bond acceptors (Lipinski definition) is 2. The maximum absolute atomic E-state index is 5.10. The second kappa shape index (κ2) is 2.44. The Morgan fingerprint density at radius 1 is 1.46 bits per heavy atom. The number of hydrogen-bond donors (Lipinski definition) is 1. The van der Waals surface area contributed by atoms with E-state index in [1.165, 1.54) is 25.1 Å². The van der Waals surface area contributed by atoms with Crippen molar-refractivity contribution in [1.82, 2.24) is 14.8 Å². The molecule has 0 aromatic carbocycles. The highest BCUT2D eigenvalue weighted by molar-refractivity contribution is 7.71. The molecular formula is C9H13N3S. The minimum atomic E-state index is 0.715. The molecule has 2 fully saturated rings. The summed E-state index contributed by atoms with van der Waals surface area (Å²) >= 11 is 5.10. The molecule has 0 spiro atoms. The number of fused-ring (bicyclic) bond motifs is 1. The standard InChI is InChI=1S/C9H13N3S/c1-12-8(10-11-9(12)13)7-5-3-2-4-6(5)7/h5-7H,2-4H2,1H3,(H,11,13). The van der Waals surface area contributed by atoms with Crippen LogP contribution in [0.2, 0.25) is 0 Å². The van der Waals surface area contributed by atoms with Gasteiger partial charge in [-0.3, -0.25) is 5.10 Å². The molecular weight excluding hydrogens is 182 g/mol. The molecule has 4 heteroatoms. The zero-order valence-electron chi connectivity index (χ0n) is 7.66. The van der Waals surface area contributed by atoms with Crippen molar-refractivity contribution in [1.29, 1.82) is 0 Å². The van der Waals surface area contributed by atoms with Crippen molar-refractivity contribution >= 4 is 12.2 Å². The van der Waals surface area contributed by atoms with Crippen molar-refractivity contribution in [2.75, 3.05) is 0 Å². The molecule has 1 heterocycles. The smallest absolute Gasteiger partial charge is 0.194 e. The van der Waals surface area contributed by atoms with Crippen LogP contribution in [-0.4, -0.2) is 14.8 Å². The Balaban J connectivity index is 1.95. The van der Waals surface area contributed by atoms with Crippen molar-refractivity contribution in [2.24, 2.45) is 18.9 Å². The molecule has 0 radical (unpaired) electrons. The van der Waals surface area contributed by atoms with Crippen molar-refractivity contribution in [3.05, 3.63) is 10.6 Å². The van der Waals surface area contributed by atoms with E-state index >= 15 is 0 Å². The van der Waals surface area contributed by atoms with Crippen LogP contribution >= 0.6 is 12.2 Å². The second-order valence-corrected chi connectivity index (χ2v) is 4.62. The lowest BCUT2D eigenvalue weighted by Crippen LogP contribution is -1.99. The minimum Gasteiger partial charge on any atom is -0.307 e. The molecule has 2 aliphatic rings. The summed E-state index contributed by atoms with van der Waals surface area (Å²) in [4.78, 5) is 0. The van der Waals surface area contributed by atoms with Crippen LogP contribution in [0.25, 0.3) is 0 Å². The van der Waals surface area contributed by atoms with Gasteiger partial charge in [-0.1, -0.05) is 6.42 Å². The summed E-state index contributed by atoms with van der Waals surface area (Å²) in [6.07, 6.45) is 4.21. The van der Waals surface area contributed by atoms with Gasteiger partial charge in [-0.15, -0.1) is 0 Å². The van der Waals surface area contributed by atoms with Crippen molar-refractivity contribution in [2.45, 2.75) is 25.2 Å². The number of aromatic nitrogens is 3. The summed E-state index contributed by atoms with van der Waals surface area (Å²) in [7, 11) is 2.01. The van der Waals surface area contributed by atoms with Crippen LogP contribution in [0.4, 0.5) is 0 Å². The Morgan fingerprint density at radius 2 is 2.15 bits per heavy atom. The number of rotatable bonds is 1. The van der Waals surface area contributed by atoms with Gasteiger partial charge in [-0.25, -0.2) is 0 Å². The molecule has 1 aromatic rings. The summed E-state index contributed by atoms with van der Waals surface area (Å²) in [5.74, 6) is 3.74. The largest absolute Gasteiger partial charge is 0.307 e. The molecule has 0 amide bonds. The Kier molecular flexibility index (Phi) is 1.45. The quantitative estimate of drug-likeness (QED) is 0.695. The van der Waals surface area contributed by atoms with E-state index in [1.807, 2.05) is 11.6 Å². The Morgan fingerprint density at radius 3 is 2.69 bits per heavy atom. The summed E-state index contributed by atoms with van der Waals surface area (Å²) < 4.78 is 2.78. The first-order valence-corrected chi connectivity index (χ1v) is 5.31. The Labute approximate surface area is 82.2 Å². The molecule has 1 aromatic heterocycles. The second-order valence-electron chi connectivity index (χ2n) is 4.23. The van der Waals surface area contributed by atoms with Crippen LogP contribution in [0, 0.1) is 16.6 Å². The van der Waals surface area contributed by atoms with Crippen molar-refractivity contribution in [3.8, 4) is 0 Å². The third-order valence-corrected chi connectivity index (χ3v) is 3.98. The van der Waals surface area contributed by atoms with Crippen LogP contribution in [0.15, 0.2) is 0 Å². The van der Waals surface area contributed by atoms with Gasteiger partial charge in [0.1, 0.15) is 5.82 Å². The van der Waals surface area contributed by atoms with Gasteiger partial charge in [-0.2, -0.15) is 5.10 Å². The van der Waals surface area contributed by atoms with Crippen LogP contribution < -0.4 is 0 Å². The Hall–Kier alpha value is -0.640. The summed E-state index contributed by atoms with van der Waals surface area (Å²) in [6.45, 7) is 0. The number of aromatic amines is 1. The van der Waals surface area contributed by atoms with Gasteiger partial charge >= 0.3 is 0 Å². The minimum absolute atomic E-state index is 0.715. The van der Waals surface area contributed by atoms with Crippen LogP contribution in [-0.2, 0) is 7.05 Å². The molecule has 70 valence electrons. The van der Waals surface area contributed by atoms with Gasteiger partial charge < -0.3 is 4.57 Å². The highest BCUT2D eigenvalue weighted by Gasteiger charge is 2.55. The molecule has 13 heavy (non-hydrogen) atoms. The van der Waals surface area contributed by atoms with Crippen molar-refractivity contribution in [3.63, 3.8) is 0 Å². The highest BCUT2D eigenvalue weighted by Crippen LogP contribution is 2.62. The molecule has 0 aliphatic heterocycles. The zero-order chi connectivity index (χ0) is 9.00. The molecule has 0 saturated heterocycles. The van der Waals surface area contributed by atoms with Gasteiger partial charge in [0, 0.05) is 13.0 Å². The predicted molar refractivity (Wildman–Crippen MR) is 52.0 cm³/mol. The summed E-state index contributed by atoms with van der Waals surface area (Å²) in [5, 5.41) is 7.17. The van der Waals surface area contributed by atoms with E-state index < -0.39 is 0 Å². The van der Waals surface area contributed by atoms with Gasteiger partial charge in [0.25, 0.3) is 0 Å². The molecule has 2 unspecified atom stereocenters. The molecule has 2 atom stereocenters. The molecule has 0 bridgehead atoms. The van der Waals surface area contributed by atoms with Crippen LogP contribution in [0.5, 0.6) is 0 Å². The fourth-order valence-corrected chi connectivity index (χ4v) is 3.00. The average Bonchev–Trinajstić information content (AvgIpc) is 2.49. The molecule has 2 saturated carbocycles. The van der Waals surface area contributed by atoms with Gasteiger partial charge in [-0.05, 0) is 36.9 Å². The van der Waals surface area contributed by atoms with E-state index in [0.29, 0.717) is 5.92 Å². The Bertz CT molecular complexity index is 382. The first-order chi connectivity index (χ1) is 6.29. The molecule has 3 nitrogen and oxygen atoms in total. The van der Waals surface area contributed by atoms with Crippen LogP contribution in [0.1, 0.15) is 31.0 Å². The lowest BCUT2D eigenvalue weighted by atomic mass is 10.1. The first-order valence-electron chi connectivity index (χ1n) is 4.90. The molecule has 1 N–H and O–H groups in total. The zero-order valence-corrected chi connectivity index (χ0v) is 8.47. The summed E-state index contributed by atoms with van der Waals surface area (Å²) in [6, 6.07) is 0. The SMILES string of the molecule is Cn1c(C2C3CCCC32)n[nH]c1=S. The lowest BCUT2D eigenvalue weighted by Gasteiger charge is -2.01. The third kappa shape index (κ3) is 0.950. The van der Waals surface area contributed by atoms with E-state index in [2.05, 4.69) is 10.2 Å². The van der Waals surface area contributed by atoms with E-state index in [0.717, 1.165) is 16.6 Å². The van der Waals surface area contributed by atoms with E-state index in [1.54, 1.807) is 0 Å². The number of nitrogens with one attached hydrogen (secondary N) is 1. The molecule has 3 rings (SSSR count). The van der Waals surface area contributed by atoms with Gasteiger partial charge in [0.2, 0.25) is 0 Å².